The molecular weight excluding hydrogens is 204 g/mol. The van der Waals surface area contributed by atoms with E-state index >= 15 is 0 Å². The van der Waals surface area contributed by atoms with Crippen molar-refractivity contribution >= 4 is 5.97 Å². The number of carboxylic acid groups (broad SMARTS) is 1. The quantitative estimate of drug-likeness (QED) is 0.766. The van der Waals surface area contributed by atoms with E-state index in [1.807, 2.05) is 0 Å². The van der Waals surface area contributed by atoms with Crippen molar-refractivity contribution in [1.82, 2.24) is 0 Å². The lowest BCUT2D eigenvalue weighted by atomic mass is 9.79. The molecule has 1 aliphatic carbocycles. The topological polar surface area (TPSA) is 63.3 Å². The lowest BCUT2D eigenvalue weighted by Crippen LogP contribution is -2.47. The third kappa shape index (κ3) is 3.41. The Hall–Kier alpha value is -0.710. The summed E-state index contributed by atoms with van der Waals surface area (Å²) in [6.45, 7) is 1.43. The zero-order valence-electron chi connectivity index (χ0n) is 8.80. The number of hydrogen-bond acceptors (Lipinski definition) is 2. The normalized spacial score (nSPS) is 25.9. The fraction of sp³-hybridized carbons (Fsp3) is 0.900. The lowest BCUT2D eigenvalue weighted by Gasteiger charge is -2.32. The van der Waals surface area contributed by atoms with E-state index in [-0.39, 0.29) is 25.2 Å². The summed E-state index contributed by atoms with van der Waals surface area (Å²) in [5, 5.41) is 8.80. The largest absolute Gasteiger partial charge is 0.480 e. The summed E-state index contributed by atoms with van der Waals surface area (Å²) in [6.07, 6.45) is 0.722. The number of halogens is 2. The molecule has 0 aliphatic heterocycles. The molecule has 1 rings (SSSR count). The zero-order chi connectivity index (χ0) is 11.7. The number of carboxylic acids is 1. The first kappa shape index (κ1) is 12.4. The van der Waals surface area contributed by atoms with Gasteiger partial charge < -0.3 is 10.8 Å². The Kier molecular flexibility index (Phi) is 3.33. The molecule has 0 aromatic carbocycles. The monoisotopic (exact) mass is 221 g/mol. The van der Waals surface area contributed by atoms with Crippen molar-refractivity contribution in [1.29, 1.82) is 0 Å². The molecule has 5 heteroatoms. The highest BCUT2D eigenvalue weighted by Gasteiger charge is 2.38. The first-order valence-electron chi connectivity index (χ1n) is 5.13. The summed E-state index contributed by atoms with van der Waals surface area (Å²) in [4.78, 5) is 10.7. The summed E-state index contributed by atoms with van der Waals surface area (Å²) in [5.41, 5.74) is 4.28. The second-order valence-electron chi connectivity index (χ2n) is 4.73. The average molecular weight is 221 g/mol. The molecule has 1 unspecified atom stereocenters. The fourth-order valence-corrected chi connectivity index (χ4v) is 1.99. The van der Waals surface area contributed by atoms with Crippen LogP contribution in [0.4, 0.5) is 8.78 Å². The van der Waals surface area contributed by atoms with Gasteiger partial charge in [-0.2, -0.15) is 0 Å². The van der Waals surface area contributed by atoms with Crippen LogP contribution in [0.2, 0.25) is 0 Å². The Labute approximate surface area is 87.6 Å². The molecule has 1 fully saturated rings. The molecule has 15 heavy (non-hydrogen) atoms. The van der Waals surface area contributed by atoms with Crippen LogP contribution >= 0.6 is 0 Å². The van der Waals surface area contributed by atoms with Gasteiger partial charge in [-0.25, -0.2) is 8.78 Å². The average Bonchev–Trinajstić information content (AvgIpc) is 2.08. The van der Waals surface area contributed by atoms with Crippen LogP contribution in [-0.4, -0.2) is 22.5 Å². The van der Waals surface area contributed by atoms with Gasteiger partial charge in [-0.15, -0.1) is 0 Å². The Balaban J connectivity index is 2.46. The summed E-state index contributed by atoms with van der Waals surface area (Å²) in [7, 11) is 0. The third-order valence-corrected chi connectivity index (χ3v) is 3.04. The Bertz CT molecular complexity index is 244. The number of alkyl halides is 2. The van der Waals surface area contributed by atoms with Gasteiger partial charge in [0, 0.05) is 12.8 Å². The summed E-state index contributed by atoms with van der Waals surface area (Å²) in [6, 6.07) is 0. The second-order valence-corrected chi connectivity index (χ2v) is 4.73. The highest BCUT2D eigenvalue weighted by Crippen LogP contribution is 2.38. The minimum atomic E-state index is -2.56. The van der Waals surface area contributed by atoms with Crippen molar-refractivity contribution < 1.29 is 18.7 Å². The lowest BCUT2D eigenvalue weighted by molar-refractivity contribution is -0.143. The smallest absolute Gasteiger partial charge is 0.323 e. The number of carbonyl (C=O) groups is 1. The second kappa shape index (κ2) is 4.04. The van der Waals surface area contributed by atoms with E-state index in [1.54, 1.807) is 0 Å². The van der Waals surface area contributed by atoms with Gasteiger partial charge in [0.1, 0.15) is 5.54 Å². The first-order chi connectivity index (χ1) is 6.73. The molecule has 0 bridgehead atoms. The number of nitrogens with two attached hydrogens (primary N) is 1. The zero-order valence-corrected chi connectivity index (χ0v) is 8.80. The molecule has 0 heterocycles. The van der Waals surface area contributed by atoms with Gasteiger partial charge >= 0.3 is 5.97 Å². The van der Waals surface area contributed by atoms with E-state index in [1.165, 1.54) is 6.92 Å². The van der Waals surface area contributed by atoms with Crippen LogP contribution in [0.3, 0.4) is 0 Å². The number of rotatable bonds is 3. The fourth-order valence-electron chi connectivity index (χ4n) is 1.99. The van der Waals surface area contributed by atoms with Gasteiger partial charge in [-0.3, -0.25) is 4.79 Å². The molecule has 88 valence electrons. The van der Waals surface area contributed by atoms with Crippen LogP contribution < -0.4 is 5.73 Å². The van der Waals surface area contributed by atoms with Crippen LogP contribution in [0, 0.1) is 5.92 Å². The van der Waals surface area contributed by atoms with Gasteiger partial charge in [0.15, 0.2) is 0 Å². The van der Waals surface area contributed by atoms with E-state index in [4.69, 9.17) is 10.8 Å². The molecule has 3 N–H and O–H groups in total. The molecule has 0 aromatic rings. The summed E-state index contributed by atoms with van der Waals surface area (Å²) in [5.74, 6) is -3.62. The standard InChI is InChI=1S/C10H17F2NO2/c1-9(13,8(14)15)6-7-2-4-10(11,12)5-3-7/h7H,2-6,13H2,1H3,(H,14,15). The van der Waals surface area contributed by atoms with Crippen molar-refractivity contribution in [2.45, 2.75) is 50.5 Å². The summed E-state index contributed by atoms with van der Waals surface area (Å²) >= 11 is 0. The van der Waals surface area contributed by atoms with Gasteiger partial charge in [-0.05, 0) is 32.1 Å². The molecule has 1 atom stereocenters. The maximum absolute atomic E-state index is 12.8. The predicted octanol–water partition coefficient (Wildman–Crippen LogP) is 2.00. The SMILES string of the molecule is CC(N)(CC1CCC(F)(F)CC1)C(=O)O. The maximum atomic E-state index is 12.8. The predicted molar refractivity (Wildman–Crippen MR) is 51.8 cm³/mol. The van der Waals surface area contributed by atoms with Crippen LogP contribution in [0.25, 0.3) is 0 Å². The van der Waals surface area contributed by atoms with Crippen molar-refractivity contribution in [3.8, 4) is 0 Å². The minimum absolute atomic E-state index is 0.00993. The molecule has 0 aromatic heterocycles. The Morgan fingerprint density at radius 3 is 2.40 bits per heavy atom. The molecular formula is C10H17F2NO2. The van der Waals surface area contributed by atoms with Crippen molar-refractivity contribution in [2.75, 3.05) is 0 Å². The van der Waals surface area contributed by atoms with Crippen LogP contribution in [0.15, 0.2) is 0 Å². The summed E-state index contributed by atoms with van der Waals surface area (Å²) < 4.78 is 25.6. The highest BCUT2D eigenvalue weighted by atomic mass is 19.3. The molecule has 0 saturated heterocycles. The Morgan fingerprint density at radius 2 is 2.00 bits per heavy atom. The van der Waals surface area contributed by atoms with Gasteiger partial charge in [0.05, 0.1) is 0 Å². The van der Waals surface area contributed by atoms with Gasteiger partial charge in [0.2, 0.25) is 5.92 Å². The Morgan fingerprint density at radius 1 is 1.53 bits per heavy atom. The molecule has 1 saturated carbocycles. The molecule has 0 radical (unpaired) electrons. The van der Waals surface area contributed by atoms with Gasteiger partial charge in [-0.1, -0.05) is 0 Å². The van der Waals surface area contributed by atoms with Gasteiger partial charge in [0.25, 0.3) is 0 Å². The molecule has 0 spiro atoms. The molecule has 0 amide bonds. The third-order valence-electron chi connectivity index (χ3n) is 3.04. The molecule has 3 nitrogen and oxygen atoms in total. The number of aliphatic carboxylic acids is 1. The van der Waals surface area contributed by atoms with Crippen LogP contribution in [0.5, 0.6) is 0 Å². The van der Waals surface area contributed by atoms with E-state index in [2.05, 4.69) is 0 Å². The molecule has 1 aliphatic rings. The van der Waals surface area contributed by atoms with Crippen LogP contribution in [0.1, 0.15) is 39.0 Å². The van der Waals surface area contributed by atoms with E-state index in [0.29, 0.717) is 12.8 Å². The maximum Gasteiger partial charge on any atom is 0.323 e. The van der Waals surface area contributed by atoms with E-state index in [0.717, 1.165) is 0 Å². The van der Waals surface area contributed by atoms with Crippen LogP contribution in [-0.2, 0) is 4.79 Å². The van der Waals surface area contributed by atoms with Crippen molar-refractivity contribution in [3.05, 3.63) is 0 Å². The van der Waals surface area contributed by atoms with E-state index < -0.39 is 17.4 Å². The van der Waals surface area contributed by atoms with Crippen molar-refractivity contribution in [2.24, 2.45) is 11.7 Å². The number of hydrogen-bond donors (Lipinski definition) is 2. The van der Waals surface area contributed by atoms with Crippen molar-refractivity contribution in [3.63, 3.8) is 0 Å². The first-order valence-corrected chi connectivity index (χ1v) is 5.13. The minimum Gasteiger partial charge on any atom is -0.480 e. The van der Waals surface area contributed by atoms with E-state index in [9.17, 15) is 13.6 Å². The highest BCUT2D eigenvalue weighted by molar-refractivity contribution is 5.77.